The van der Waals surface area contributed by atoms with Gasteiger partial charge in [-0.25, -0.2) is 4.79 Å². The Balaban J connectivity index is 2.12. The molecule has 21 heavy (non-hydrogen) atoms. The predicted molar refractivity (Wildman–Crippen MR) is 88.0 cm³/mol. The van der Waals surface area contributed by atoms with Crippen LogP contribution in [0, 0.1) is 0 Å². The molecule has 0 radical (unpaired) electrons. The van der Waals surface area contributed by atoms with E-state index in [9.17, 15) is 4.79 Å². The van der Waals surface area contributed by atoms with Crippen molar-refractivity contribution in [1.29, 1.82) is 0 Å². The third-order valence-electron chi connectivity index (χ3n) is 3.24. The van der Waals surface area contributed by atoms with Crippen LogP contribution < -0.4 is 15.4 Å². The van der Waals surface area contributed by atoms with Gasteiger partial charge in [0.1, 0.15) is 5.75 Å². The fourth-order valence-electron chi connectivity index (χ4n) is 2.08. The number of ether oxygens (including phenoxy) is 1. The monoisotopic (exact) mass is 292 g/mol. The van der Waals surface area contributed by atoms with Crippen LogP contribution in [0.3, 0.4) is 0 Å². The minimum absolute atomic E-state index is 0.146. The maximum Gasteiger partial charge on any atom is 0.319 e. The Hall–Kier alpha value is -1.71. The van der Waals surface area contributed by atoms with E-state index in [0.717, 1.165) is 24.4 Å². The van der Waals surface area contributed by atoms with E-state index in [-0.39, 0.29) is 6.03 Å². The molecule has 0 aromatic heterocycles. The molecule has 0 saturated heterocycles. The molecule has 0 heterocycles. The molecule has 0 spiro atoms. The normalized spacial score (nSPS) is 10.2. The first-order chi connectivity index (χ1) is 10.3. The van der Waals surface area contributed by atoms with Gasteiger partial charge in [-0.05, 0) is 37.6 Å². The first kappa shape index (κ1) is 17.3. The molecule has 0 bridgehead atoms. The molecule has 0 fully saturated rings. The van der Waals surface area contributed by atoms with Crippen molar-refractivity contribution in [2.75, 3.05) is 18.5 Å². The van der Waals surface area contributed by atoms with Crippen molar-refractivity contribution in [3.05, 3.63) is 24.3 Å². The summed E-state index contributed by atoms with van der Waals surface area (Å²) in [5, 5.41) is 5.70. The van der Waals surface area contributed by atoms with Crippen LogP contribution in [0.4, 0.5) is 10.5 Å². The minimum Gasteiger partial charge on any atom is -0.494 e. The lowest BCUT2D eigenvalue weighted by Gasteiger charge is -2.08. The molecule has 0 unspecified atom stereocenters. The molecular weight excluding hydrogens is 264 g/mol. The Morgan fingerprint density at radius 2 is 1.67 bits per heavy atom. The van der Waals surface area contributed by atoms with Gasteiger partial charge >= 0.3 is 6.03 Å². The topological polar surface area (TPSA) is 50.4 Å². The van der Waals surface area contributed by atoms with Gasteiger partial charge in [-0.1, -0.05) is 39.0 Å². The van der Waals surface area contributed by atoms with E-state index in [0.29, 0.717) is 6.61 Å². The Kier molecular flexibility index (Phi) is 9.09. The van der Waals surface area contributed by atoms with Crippen molar-refractivity contribution >= 4 is 11.7 Å². The summed E-state index contributed by atoms with van der Waals surface area (Å²) >= 11 is 0. The van der Waals surface area contributed by atoms with Gasteiger partial charge in [0.15, 0.2) is 0 Å². The zero-order valence-corrected chi connectivity index (χ0v) is 13.3. The fourth-order valence-corrected chi connectivity index (χ4v) is 2.08. The van der Waals surface area contributed by atoms with Gasteiger partial charge in [-0.2, -0.15) is 0 Å². The number of nitrogens with one attached hydrogen (secondary N) is 2. The second kappa shape index (κ2) is 11.0. The van der Waals surface area contributed by atoms with Crippen LogP contribution >= 0.6 is 0 Å². The summed E-state index contributed by atoms with van der Waals surface area (Å²) in [6.07, 6.45) is 7.36. The summed E-state index contributed by atoms with van der Waals surface area (Å²) in [5.74, 6) is 0.815. The zero-order chi connectivity index (χ0) is 15.3. The van der Waals surface area contributed by atoms with Crippen molar-refractivity contribution in [3.8, 4) is 5.75 Å². The highest BCUT2D eigenvalue weighted by Crippen LogP contribution is 2.15. The Morgan fingerprint density at radius 1 is 1.00 bits per heavy atom. The zero-order valence-electron chi connectivity index (χ0n) is 13.3. The van der Waals surface area contributed by atoms with Gasteiger partial charge in [-0.3, -0.25) is 0 Å². The van der Waals surface area contributed by atoms with E-state index in [1.54, 1.807) is 0 Å². The number of benzene rings is 1. The van der Waals surface area contributed by atoms with Crippen molar-refractivity contribution in [2.24, 2.45) is 0 Å². The maximum atomic E-state index is 11.7. The molecular formula is C17H28N2O2. The van der Waals surface area contributed by atoms with Crippen LogP contribution in [-0.4, -0.2) is 19.2 Å². The number of hydrogen-bond acceptors (Lipinski definition) is 2. The van der Waals surface area contributed by atoms with Crippen molar-refractivity contribution < 1.29 is 9.53 Å². The smallest absolute Gasteiger partial charge is 0.319 e. The molecule has 2 amide bonds. The Labute approximate surface area is 128 Å². The molecule has 2 N–H and O–H groups in total. The third-order valence-corrected chi connectivity index (χ3v) is 3.24. The standard InChI is InChI=1S/C17H28N2O2/c1-3-5-6-7-8-9-14-18-17(20)19-15-10-12-16(13-11-15)21-4-2/h10-13H,3-9,14H2,1-2H3,(H2,18,19,20). The molecule has 118 valence electrons. The van der Waals surface area contributed by atoms with Gasteiger partial charge in [0.25, 0.3) is 0 Å². The quantitative estimate of drug-likeness (QED) is 0.621. The molecule has 0 saturated carbocycles. The van der Waals surface area contributed by atoms with E-state index >= 15 is 0 Å². The summed E-state index contributed by atoms with van der Waals surface area (Å²) < 4.78 is 5.36. The third kappa shape index (κ3) is 8.23. The van der Waals surface area contributed by atoms with Gasteiger partial charge in [-0.15, -0.1) is 0 Å². The summed E-state index contributed by atoms with van der Waals surface area (Å²) in [5.41, 5.74) is 0.777. The maximum absolute atomic E-state index is 11.7. The number of amides is 2. The number of rotatable bonds is 10. The van der Waals surface area contributed by atoms with Crippen LogP contribution in [0.1, 0.15) is 52.4 Å². The van der Waals surface area contributed by atoms with Gasteiger partial charge in [0, 0.05) is 12.2 Å². The van der Waals surface area contributed by atoms with Crippen LogP contribution in [0.2, 0.25) is 0 Å². The second-order valence-electron chi connectivity index (χ2n) is 5.11. The predicted octanol–water partition coefficient (Wildman–Crippen LogP) is 4.57. The molecule has 4 heteroatoms. The molecule has 0 aliphatic carbocycles. The summed E-state index contributed by atoms with van der Waals surface area (Å²) in [7, 11) is 0. The second-order valence-corrected chi connectivity index (χ2v) is 5.11. The molecule has 0 aliphatic rings. The first-order valence-corrected chi connectivity index (χ1v) is 8.04. The van der Waals surface area contributed by atoms with E-state index in [1.807, 2.05) is 31.2 Å². The summed E-state index contributed by atoms with van der Waals surface area (Å²) in [6, 6.07) is 7.25. The molecule has 1 aromatic rings. The largest absolute Gasteiger partial charge is 0.494 e. The summed E-state index contributed by atoms with van der Waals surface area (Å²) in [6.45, 7) is 5.54. The fraction of sp³-hybridized carbons (Fsp3) is 0.588. The van der Waals surface area contributed by atoms with Gasteiger partial charge in [0.2, 0.25) is 0 Å². The Morgan fingerprint density at radius 3 is 2.33 bits per heavy atom. The summed E-state index contributed by atoms with van der Waals surface area (Å²) in [4.78, 5) is 11.7. The van der Waals surface area contributed by atoms with Crippen LogP contribution in [0.25, 0.3) is 0 Å². The highest BCUT2D eigenvalue weighted by Gasteiger charge is 2.01. The lowest BCUT2D eigenvalue weighted by Crippen LogP contribution is -2.29. The van der Waals surface area contributed by atoms with E-state index in [1.165, 1.54) is 32.1 Å². The van der Waals surface area contributed by atoms with Crippen LogP contribution in [0.5, 0.6) is 5.75 Å². The van der Waals surface area contributed by atoms with Crippen LogP contribution in [-0.2, 0) is 0 Å². The van der Waals surface area contributed by atoms with Crippen molar-refractivity contribution in [1.82, 2.24) is 5.32 Å². The molecule has 4 nitrogen and oxygen atoms in total. The highest BCUT2D eigenvalue weighted by molar-refractivity contribution is 5.89. The van der Waals surface area contributed by atoms with Crippen molar-refractivity contribution in [2.45, 2.75) is 52.4 Å². The Bertz CT molecular complexity index is 390. The SMILES string of the molecule is CCCCCCCCNC(=O)Nc1ccc(OCC)cc1. The van der Waals surface area contributed by atoms with Crippen LogP contribution in [0.15, 0.2) is 24.3 Å². The average molecular weight is 292 g/mol. The lowest BCUT2D eigenvalue weighted by molar-refractivity contribution is 0.252. The number of urea groups is 1. The highest BCUT2D eigenvalue weighted by atomic mass is 16.5. The lowest BCUT2D eigenvalue weighted by atomic mass is 10.1. The number of hydrogen-bond donors (Lipinski definition) is 2. The molecule has 1 aromatic carbocycles. The number of carbonyl (C=O) groups excluding carboxylic acids is 1. The molecule has 0 atom stereocenters. The number of anilines is 1. The minimum atomic E-state index is -0.146. The molecule has 1 rings (SSSR count). The van der Waals surface area contributed by atoms with E-state index in [4.69, 9.17) is 4.74 Å². The number of unbranched alkanes of at least 4 members (excludes halogenated alkanes) is 5. The van der Waals surface area contributed by atoms with E-state index in [2.05, 4.69) is 17.6 Å². The average Bonchev–Trinajstić information content (AvgIpc) is 2.49. The van der Waals surface area contributed by atoms with Crippen molar-refractivity contribution in [3.63, 3.8) is 0 Å². The van der Waals surface area contributed by atoms with E-state index < -0.39 is 0 Å². The first-order valence-electron chi connectivity index (χ1n) is 8.04. The number of carbonyl (C=O) groups is 1. The van der Waals surface area contributed by atoms with Gasteiger partial charge < -0.3 is 15.4 Å². The molecule has 0 aliphatic heterocycles. The van der Waals surface area contributed by atoms with Gasteiger partial charge in [0.05, 0.1) is 6.61 Å².